The van der Waals surface area contributed by atoms with Crippen molar-refractivity contribution in [2.24, 2.45) is 5.73 Å². The number of amides is 1. The van der Waals surface area contributed by atoms with Gasteiger partial charge in [-0.05, 0) is 50.3 Å². The molecule has 1 heterocycles. The van der Waals surface area contributed by atoms with E-state index < -0.39 is 6.10 Å². The van der Waals surface area contributed by atoms with Gasteiger partial charge in [0.1, 0.15) is 5.75 Å². The molecular weight excluding hydrogens is 272 g/mol. The Balaban J connectivity index is 1.96. The zero-order chi connectivity index (χ0) is 14.5. The van der Waals surface area contributed by atoms with Crippen LogP contribution < -0.4 is 10.5 Å². The first-order chi connectivity index (χ1) is 9.65. The second kappa shape index (κ2) is 6.99. The van der Waals surface area contributed by atoms with Crippen molar-refractivity contribution in [2.75, 3.05) is 19.3 Å². The molecule has 1 fully saturated rings. The minimum atomic E-state index is -0.470. The first-order valence-corrected chi connectivity index (χ1v) is 8.19. The molecule has 4 nitrogen and oxygen atoms in total. The molecule has 0 radical (unpaired) electrons. The quantitative estimate of drug-likeness (QED) is 0.845. The number of thioether (sulfide) groups is 1. The molecule has 0 bridgehead atoms. The van der Waals surface area contributed by atoms with Gasteiger partial charge < -0.3 is 15.4 Å². The van der Waals surface area contributed by atoms with E-state index in [9.17, 15) is 4.79 Å². The van der Waals surface area contributed by atoms with Gasteiger partial charge >= 0.3 is 0 Å². The molecule has 2 unspecified atom stereocenters. The maximum atomic E-state index is 12.4. The van der Waals surface area contributed by atoms with E-state index >= 15 is 0 Å². The number of nitrogens with zero attached hydrogens (tertiary/aromatic N) is 1. The molecule has 110 valence electrons. The summed E-state index contributed by atoms with van der Waals surface area (Å²) >= 11 is 1.68. The topological polar surface area (TPSA) is 55.6 Å². The van der Waals surface area contributed by atoms with Gasteiger partial charge in [0.25, 0.3) is 5.91 Å². The second-order valence-corrected chi connectivity index (χ2v) is 5.88. The van der Waals surface area contributed by atoms with Gasteiger partial charge in [-0.25, -0.2) is 0 Å². The largest absolute Gasteiger partial charge is 0.481 e. The van der Waals surface area contributed by atoms with Crippen molar-refractivity contribution in [3.63, 3.8) is 0 Å². The van der Waals surface area contributed by atoms with Gasteiger partial charge in [0.05, 0.1) is 0 Å². The smallest absolute Gasteiger partial charge is 0.263 e. The van der Waals surface area contributed by atoms with Crippen LogP contribution in [0.1, 0.15) is 19.8 Å². The first-order valence-electron chi connectivity index (χ1n) is 6.97. The Morgan fingerprint density at radius 1 is 1.50 bits per heavy atom. The van der Waals surface area contributed by atoms with E-state index in [-0.39, 0.29) is 11.9 Å². The summed E-state index contributed by atoms with van der Waals surface area (Å²) in [7, 11) is 0. The number of ether oxygens (including phenoxy) is 1. The second-order valence-electron chi connectivity index (χ2n) is 5.00. The number of hydrogen-bond acceptors (Lipinski definition) is 4. The van der Waals surface area contributed by atoms with Gasteiger partial charge in [-0.3, -0.25) is 4.79 Å². The molecule has 0 aromatic heterocycles. The Bertz CT molecular complexity index is 450. The molecule has 0 spiro atoms. The van der Waals surface area contributed by atoms with E-state index in [4.69, 9.17) is 10.5 Å². The van der Waals surface area contributed by atoms with Crippen molar-refractivity contribution < 1.29 is 9.53 Å². The molecule has 1 aliphatic heterocycles. The van der Waals surface area contributed by atoms with Gasteiger partial charge in [0, 0.05) is 24.0 Å². The summed E-state index contributed by atoms with van der Waals surface area (Å²) in [4.78, 5) is 15.4. The zero-order valence-corrected chi connectivity index (χ0v) is 12.9. The monoisotopic (exact) mass is 294 g/mol. The van der Waals surface area contributed by atoms with Crippen molar-refractivity contribution in [2.45, 2.75) is 36.8 Å². The normalized spacial score (nSPS) is 19.9. The van der Waals surface area contributed by atoms with Crippen LogP contribution >= 0.6 is 11.8 Å². The highest BCUT2D eigenvalue weighted by atomic mass is 32.2. The molecule has 2 rings (SSSR count). The highest BCUT2D eigenvalue weighted by molar-refractivity contribution is 7.98. The van der Waals surface area contributed by atoms with Crippen LogP contribution in [0.2, 0.25) is 0 Å². The molecule has 5 heteroatoms. The molecule has 1 aromatic rings. The third-order valence-electron chi connectivity index (χ3n) is 3.65. The molecule has 1 aliphatic rings. The average molecular weight is 294 g/mol. The van der Waals surface area contributed by atoms with Gasteiger partial charge in [-0.1, -0.05) is 0 Å². The number of carbonyl (C=O) groups excluding carboxylic acids is 1. The SMILES string of the molecule is CSc1ccc(OC(C)C(=O)N2CCCC2CN)cc1. The van der Waals surface area contributed by atoms with E-state index in [1.807, 2.05) is 35.4 Å². The predicted molar refractivity (Wildman–Crippen MR) is 82.1 cm³/mol. The number of likely N-dealkylation sites (tertiary alicyclic amines) is 1. The summed E-state index contributed by atoms with van der Waals surface area (Å²) in [5.74, 6) is 0.763. The number of hydrogen-bond donors (Lipinski definition) is 1. The summed E-state index contributed by atoms with van der Waals surface area (Å²) in [6.45, 7) is 3.12. The fourth-order valence-corrected chi connectivity index (χ4v) is 2.92. The molecular formula is C15H22N2O2S. The highest BCUT2D eigenvalue weighted by Crippen LogP contribution is 2.22. The maximum absolute atomic E-state index is 12.4. The van der Waals surface area contributed by atoms with E-state index in [0.717, 1.165) is 25.1 Å². The van der Waals surface area contributed by atoms with Crippen LogP contribution in [0.4, 0.5) is 0 Å². The molecule has 1 aromatic carbocycles. The molecule has 2 atom stereocenters. The van der Waals surface area contributed by atoms with Crippen LogP contribution in [0.3, 0.4) is 0 Å². The van der Waals surface area contributed by atoms with Crippen molar-refractivity contribution in [1.82, 2.24) is 4.90 Å². The van der Waals surface area contributed by atoms with Crippen LogP contribution in [0, 0.1) is 0 Å². The lowest BCUT2D eigenvalue weighted by Gasteiger charge is -2.26. The van der Waals surface area contributed by atoms with Crippen molar-refractivity contribution in [3.8, 4) is 5.75 Å². The lowest BCUT2D eigenvalue weighted by atomic mass is 10.2. The van der Waals surface area contributed by atoms with Gasteiger partial charge in [0.15, 0.2) is 6.10 Å². The minimum absolute atomic E-state index is 0.0342. The first kappa shape index (κ1) is 15.2. The third-order valence-corrected chi connectivity index (χ3v) is 4.40. The Morgan fingerprint density at radius 3 is 2.80 bits per heavy atom. The van der Waals surface area contributed by atoms with E-state index in [2.05, 4.69) is 0 Å². The summed E-state index contributed by atoms with van der Waals surface area (Å²) in [6.07, 6.45) is 3.59. The molecule has 0 saturated carbocycles. The van der Waals surface area contributed by atoms with Gasteiger partial charge in [-0.15, -0.1) is 11.8 Å². The van der Waals surface area contributed by atoms with Crippen LogP contribution in [-0.4, -0.2) is 42.3 Å². The van der Waals surface area contributed by atoms with E-state index in [1.165, 1.54) is 4.90 Å². The predicted octanol–water partition coefficient (Wildman–Crippen LogP) is 2.13. The molecule has 1 saturated heterocycles. The third kappa shape index (κ3) is 3.46. The van der Waals surface area contributed by atoms with Crippen LogP contribution in [0.5, 0.6) is 5.75 Å². The van der Waals surface area contributed by atoms with E-state index in [1.54, 1.807) is 18.7 Å². The van der Waals surface area contributed by atoms with Crippen molar-refractivity contribution >= 4 is 17.7 Å². The Hall–Kier alpha value is -1.20. The fourth-order valence-electron chi connectivity index (χ4n) is 2.51. The van der Waals surface area contributed by atoms with Gasteiger partial charge in [-0.2, -0.15) is 0 Å². The fraction of sp³-hybridized carbons (Fsp3) is 0.533. The zero-order valence-electron chi connectivity index (χ0n) is 12.0. The molecule has 2 N–H and O–H groups in total. The molecule has 0 aliphatic carbocycles. The lowest BCUT2D eigenvalue weighted by molar-refractivity contribution is -0.138. The number of carbonyl (C=O) groups is 1. The van der Waals surface area contributed by atoms with Crippen molar-refractivity contribution in [1.29, 1.82) is 0 Å². The summed E-state index contributed by atoms with van der Waals surface area (Å²) in [6, 6.07) is 7.97. The van der Waals surface area contributed by atoms with Gasteiger partial charge in [0.2, 0.25) is 0 Å². The number of rotatable bonds is 5. The number of nitrogens with two attached hydrogens (primary N) is 1. The standard InChI is InChI=1S/C15H22N2O2S/c1-11(15(18)17-9-3-4-12(17)10-16)19-13-5-7-14(20-2)8-6-13/h5-8,11-12H,3-4,9-10,16H2,1-2H3. The Morgan fingerprint density at radius 2 is 2.20 bits per heavy atom. The van der Waals surface area contributed by atoms with Crippen LogP contribution in [0.15, 0.2) is 29.2 Å². The minimum Gasteiger partial charge on any atom is -0.481 e. The maximum Gasteiger partial charge on any atom is 0.263 e. The van der Waals surface area contributed by atoms with Crippen molar-refractivity contribution in [3.05, 3.63) is 24.3 Å². The van der Waals surface area contributed by atoms with E-state index in [0.29, 0.717) is 6.54 Å². The summed E-state index contributed by atoms with van der Waals surface area (Å²) < 4.78 is 5.74. The Kier molecular flexibility index (Phi) is 5.31. The summed E-state index contributed by atoms with van der Waals surface area (Å²) in [5.41, 5.74) is 5.71. The van der Waals surface area contributed by atoms with Crippen LogP contribution in [-0.2, 0) is 4.79 Å². The van der Waals surface area contributed by atoms with Crippen LogP contribution in [0.25, 0.3) is 0 Å². The Labute approximate surface area is 124 Å². The molecule has 20 heavy (non-hydrogen) atoms. The molecule has 1 amide bonds. The number of benzene rings is 1. The highest BCUT2D eigenvalue weighted by Gasteiger charge is 2.31. The lowest BCUT2D eigenvalue weighted by Crippen LogP contribution is -2.45. The average Bonchev–Trinajstić information content (AvgIpc) is 2.95. The summed E-state index contributed by atoms with van der Waals surface area (Å²) in [5, 5.41) is 0.